The van der Waals surface area contributed by atoms with Crippen molar-refractivity contribution in [2.45, 2.75) is 13.8 Å². The van der Waals surface area contributed by atoms with E-state index >= 15 is 0 Å². The van der Waals surface area contributed by atoms with Gasteiger partial charge < -0.3 is 9.47 Å². The smallest absolute Gasteiger partial charge is 0.345 e. The van der Waals surface area contributed by atoms with E-state index in [0.717, 1.165) is 17.0 Å². The molecule has 148 valence electrons. The van der Waals surface area contributed by atoms with Crippen LogP contribution in [0.4, 0.5) is 5.95 Å². The van der Waals surface area contributed by atoms with Crippen LogP contribution in [0, 0.1) is 13.8 Å². The molecule has 0 bridgehead atoms. The maximum atomic E-state index is 12.4. The summed E-state index contributed by atoms with van der Waals surface area (Å²) in [6, 6.07) is 13.6. The Labute approximate surface area is 173 Å². The number of hydrazone groups is 1. The molecule has 0 aliphatic heterocycles. The van der Waals surface area contributed by atoms with Crippen LogP contribution in [0.15, 0.2) is 53.6 Å². The Hall–Kier alpha value is -3.45. The van der Waals surface area contributed by atoms with E-state index in [1.807, 2.05) is 19.9 Å². The van der Waals surface area contributed by atoms with Crippen LogP contribution in [0.5, 0.6) is 11.5 Å². The first kappa shape index (κ1) is 20.3. The first-order valence-electron chi connectivity index (χ1n) is 8.72. The maximum Gasteiger partial charge on any atom is 0.345 e. The Kier molecular flexibility index (Phi) is 6.41. The molecule has 7 nitrogen and oxygen atoms in total. The summed E-state index contributed by atoms with van der Waals surface area (Å²) >= 11 is 6.04. The summed E-state index contributed by atoms with van der Waals surface area (Å²) in [5.74, 6) is 0.511. The number of carbonyl (C=O) groups excluding carboxylic acids is 1. The fourth-order valence-electron chi connectivity index (χ4n) is 2.57. The number of nitrogens with zero attached hydrogens (tertiary/aromatic N) is 3. The lowest BCUT2D eigenvalue weighted by Gasteiger charge is -2.10. The molecule has 0 spiro atoms. The van der Waals surface area contributed by atoms with Gasteiger partial charge in [-0.2, -0.15) is 5.10 Å². The summed E-state index contributed by atoms with van der Waals surface area (Å²) in [6.07, 6.45) is 1.59. The van der Waals surface area contributed by atoms with Crippen molar-refractivity contribution in [2.24, 2.45) is 5.10 Å². The topological polar surface area (TPSA) is 85.7 Å². The van der Waals surface area contributed by atoms with Crippen LogP contribution in [-0.2, 0) is 0 Å². The highest BCUT2D eigenvalue weighted by atomic mass is 35.5. The Morgan fingerprint density at radius 3 is 2.48 bits per heavy atom. The molecule has 0 aliphatic rings. The zero-order chi connectivity index (χ0) is 20.8. The van der Waals surface area contributed by atoms with Crippen molar-refractivity contribution in [3.63, 3.8) is 0 Å². The molecule has 0 saturated carbocycles. The summed E-state index contributed by atoms with van der Waals surface area (Å²) in [5.41, 5.74) is 5.50. The van der Waals surface area contributed by atoms with Crippen LogP contribution in [0.1, 0.15) is 27.3 Å². The molecule has 0 amide bonds. The molecule has 0 fully saturated rings. The third kappa shape index (κ3) is 5.30. The summed E-state index contributed by atoms with van der Waals surface area (Å²) in [6.45, 7) is 3.77. The quantitative estimate of drug-likeness (QED) is 0.280. The number of benzene rings is 2. The number of hydrogen-bond acceptors (Lipinski definition) is 7. The number of ether oxygens (including phenoxy) is 2. The summed E-state index contributed by atoms with van der Waals surface area (Å²) < 4.78 is 10.8. The number of esters is 1. The Morgan fingerprint density at radius 1 is 1.07 bits per heavy atom. The van der Waals surface area contributed by atoms with Gasteiger partial charge >= 0.3 is 5.97 Å². The molecule has 0 unspecified atom stereocenters. The molecular formula is C21H19ClN4O3. The molecule has 2 aromatic carbocycles. The number of methoxy groups -OCH3 is 1. The number of aromatic nitrogens is 2. The van der Waals surface area contributed by atoms with Crippen molar-refractivity contribution in [1.29, 1.82) is 0 Å². The van der Waals surface area contributed by atoms with Crippen molar-refractivity contribution >= 4 is 29.7 Å². The molecule has 1 aromatic heterocycles. The maximum absolute atomic E-state index is 12.4. The van der Waals surface area contributed by atoms with Crippen LogP contribution in [-0.4, -0.2) is 29.3 Å². The molecule has 3 rings (SSSR count). The number of nitrogens with one attached hydrogen (secondary N) is 1. The largest absolute Gasteiger partial charge is 0.493 e. The fourth-order valence-corrected chi connectivity index (χ4v) is 2.78. The first-order valence-corrected chi connectivity index (χ1v) is 9.10. The predicted octanol–water partition coefficient (Wildman–Crippen LogP) is 4.42. The lowest BCUT2D eigenvalue weighted by molar-refractivity contribution is 0.0730. The van der Waals surface area contributed by atoms with Crippen molar-refractivity contribution in [3.8, 4) is 11.5 Å². The van der Waals surface area contributed by atoms with E-state index in [1.54, 1.807) is 48.7 Å². The fraction of sp³-hybridized carbons (Fsp3) is 0.143. The van der Waals surface area contributed by atoms with Gasteiger partial charge in [-0.15, -0.1) is 0 Å². The molecule has 3 aromatic rings. The van der Waals surface area contributed by atoms with Crippen LogP contribution in [0.3, 0.4) is 0 Å². The number of rotatable bonds is 6. The molecule has 0 atom stereocenters. The molecule has 29 heavy (non-hydrogen) atoms. The van der Waals surface area contributed by atoms with Crippen molar-refractivity contribution in [3.05, 3.63) is 76.1 Å². The highest BCUT2D eigenvalue weighted by Crippen LogP contribution is 2.29. The SMILES string of the molecule is COc1cc(/C=N\Nc2nc(C)cc(C)n2)ccc1OC(=O)c1ccccc1Cl. The molecule has 0 radical (unpaired) electrons. The molecule has 8 heteroatoms. The second-order valence-corrected chi connectivity index (χ2v) is 6.53. The lowest BCUT2D eigenvalue weighted by Crippen LogP contribution is -2.10. The molecular weight excluding hydrogens is 392 g/mol. The average molecular weight is 411 g/mol. The van der Waals surface area contributed by atoms with E-state index in [1.165, 1.54) is 7.11 Å². The van der Waals surface area contributed by atoms with Gasteiger partial charge in [0.05, 0.1) is 23.9 Å². The number of carbonyl (C=O) groups is 1. The van der Waals surface area contributed by atoms with Gasteiger partial charge in [0.25, 0.3) is 0 Å². The second kappa shape index (κ2) is 9.16. The van der Waals surface area contributed by atoms with Crippen LogP contribution in [0.25, 0.3) is 0 Å². The zero-order valence-electron chi connectivity index (χ0n) is 16.1. The predicted molar refractivity (Wildman–Crippen MR) is 112 cm³/mol. The highest BCUT2D eigenvalue weighted by Gasteiger charge is 2.15. The van der Waals surface area contributed by atoms with E-state index in [9.17, 15) is 4.79 Å². The number of halogens is 1. The minimum Gasteiger partial charge on any atom is -0.493 e. The second-order valence-electron chi connectivity index (χ2n) is 6.12. The number of hydrogen-bond donors (Lipinski definition) is 1. The minimum absolute atomic E-state index is 0.277. The van der Waals surface area contributed by atoms with Crippen molar-refractivity contribution < 1.29 is 14.3 Å². The summed E-state index contributed by atoms with van der Waals surface area (Å²) in [5, 5.41) is 4.46. The average Bonchev–Trinajstić information content (AvgIpc) is 2.68. The van der Waals surface area contributed by atoms with E-state index < -0.39 is 5.97 Å². The molecule has 1 heterocycles. The third-order valence-electron chi connectivity index (χ3n) is 3.84. The zero-order valence-corrected chi connectivity index (χ0v) is 16.9. The summed E-state index contributed by atoms with van der Waals surface area (Å²) in [4.78, 5) is 20.9. The van der Waals surface area contributed by atoms with Crippen LogP contribution < -0.4 is 14.9 Å². The minimum atomic E-state index is -0.566. The number of anilines is 1. The lowest BCUT2D eigenvalue weighted by atomic mass is 10.2. The van der Waals surface area contributed by atoms with Gasteiger partial charge in [-0.05, 0) is 55.8 Å². The number of aryl methyl sites for hydroxylation is 2. The molecule has 1 N–H and O–H groups in total. The van der Waals surface area contributed by atoms with Gasteiger partial charge in [0.1, 0.15) is 0 Å². The Bertz CT molecular complexity index is 1050. The monoisotopic (exact) mass is 410 g/mol. The molecule has 0 aliphatic carbocycles. The van der Waals surface area contributed by atoms with Gasteiger partial charge in [0, 0.05) is 11.4 Å². The molecule has 0 saturated heterocycles. The third-order valence-corrected chi connectivity index (χ3v) is 4.17. The highest BCUT2D eigenvalue weighted by molar-refractivity contribution is 6.33. The van der Waals surface area contributed by atoms with Crippen LogP contribution >= 0.6 is 11.6 Å². The van der Waals surface area contributed by atoms with Gasteiger partial charge in [-0.1, -0.05) is 23.7 Å². The van der Waals surface area contributed by atoms with Gasteiger partial charge in [-0.25, -0.2) is 20.2 Å². The normalized spacial score (nSPS) is 10.8. The standard InChI is InChI=1S/C21H19ClN4O3/c1-13-10-14(2)25-21(24-13)26-23-12-15-8-9-18(19(11-15)28-3)29-20(27)16-6-4-5-7-17(16)22/h4-12H,1-3H3,(H,24,25,26)/b23-12-. The first-order chi connectivity index (χ1) is 14.0. The van der Waals surface area contributed by atoms with E-state index in [4.69, 9.17) is 21.1 Å². The van der Waals surface area contributed by atoms with Gasteiger partial charge in [0.15, 0.2) is 11.5 Å². The van der Waals surface area contributed by atoms with Crippen molar-refractivity contribution in [2.75, 3.05) is 12.5 Å². The van der Waals surface area contributed by atoms with E-state index in [0.29, 0.717) is 16.7 Å². The van der Waals surface area contributed by atoms with Gasteiger partial charge in [-0.3, -0.25) is 0 Å². The van der Waals surface area contributed by atoms with Crippen molar-refractivity contribution in [1.82, 2.24) is 9.97 Å². The van der Waals surface area contributed by atoms with Crippen LogP contribution in [0.2, 0.25) is 5.02 Å². The van der Waals surface area contributed by atoms with E-state index in [-0.39, 0.29) is 11.3 Å². The van der Waals surface area contributed by atoms with E-state index in [2.05, 4.69) is 20.5 Å². The van der Waals surface area contributed by atoms with Gasteiger partial charge in [0.2, 0.25) is 5.95 Å². The Balaban J connectivity index is 1.73. The summed E-state index contributed by atoms with van der Waals surface area (Å²) in [7, 11) is 1.49. The Morgan fingerprint density at radius 2 is 1.79 bits per heavy atom.